The minimum absolute atomic E-state index is 0.0526. The molecule has 3 rings (SSSR count). The third kappa shape index (κ3) is 3.01. The van der Waals surface area contributed by atoms with Crippen molar-refractivity contribution in [2.45, 2.75) is 13.0 Å². The fraction of sp³-hybridized carbons (Fsp3) is 0.429. The zero-order valence-electron chi connectivity index (χ0n) is 12.5. The van der Waals surface area contributed by atoms with Gasteiger partial charge in [-0.1, -0.05) is 0 Å². The minimum Gasteiger partial charge on any atom is -0.391 e. The van der Waals surface area contributed by atoms with Crippen molar-refractivity contribution in [3.05, 3.63) is 38.2 Å². The first-order chi connectivity index (χ1) is 11.0. The Morgan fingerprint density at radius 1 is 1.39 bits per heavy atom. The molecule has 9 nitrogen and oxygen atoms in total. The molecule has 1 aliphatic rings. The van der Waals surface area contributed by atoms with E-state index in [1.807, 2.05) is 0 Å². The number of hydrogen-bond donors (Lipinski definition) is 5. The summed E-state index contributed by atoms with van der Waals surface area (Å²) >= 11 is 0. The van der Waals surface area contributed by atoms with Gasteiger partial charge >= 0.3 is 5.69 Å². The van der Waals surface area contributed by atoms with E-state index in [2.05, 4.69) is 25.6 Å². The fourth-order valence-electron chi connectivity index (χ4n) is 2.71. The molecule has 2 atom stereocenters. The summed E-state index contributed by atoms with van der Waals surface area (Å²) in [4.78, 5) is 44.0. The number of amides is 1. The van der Waals surface area contributed by atoms with E-state index in [-0.39, 0.29) is 22.6 Å². The maximum atomic E-state index is 12.2. The number of aromatic amines is 2. The number of aliphatic hydroxyl groups is 1. The Morgan fingerprint density at radius 3 is 2.87 bits per heavy atom. The standard InChI is InChI=1S/C14H17N5O4/c1-6-2-8(12(21)16-4-7-3-15-5-9(7)20)17-11-10(6)13(22)19-14(23)18-11/h2,7,9,15,20H,3-5H2,1H3,(H,16,21)(H2,17,18,19,22,23). The first kappa shape index (κ1) is 15.4. The zero-order valence-corrected chi connectivity index (χ0v) is 12.5. The first-order valence-corrected chi connectivity index (χ1v) is 7.26. The molecule has 1 saturated heterocycles. The number of nitrogens with zero attached hydrogens (tertiary/aromatic N) is 1. The second-order valence-corrected chi connectivity index (χ2v) is 5.65. The Kier molecular flexibility index (Phi) is 3.97. The number of aryl methyl sites for hydroxylation is 1. The van der Waals surface area contributed by atoms with Gasteiger partial charge in [-0.3, -0.25) is 19.6 Å². The summed E-state index contributed by atoms with van der Waals surface area (Å²) in [6.07, 6.45) is -0.489. The molecule has 5 N–H and O–H groups in total. The van der Waals surface area contributed by atoms with Gasteiger partial charge in [-0.25, -0.2) is 9.78 Å². The molecule has 0 saturated carbocycles. The molecule has 9 heteroatoms. The Balaban J connectivity index is 1.86. The SMILES string of the molecule is Cc1cc(C(=O)NCC2CNCC2O)nc2[nH]c(=O)[nH]c(=O)c12. The Morgan fingerprint density at radius 2 is 2.17 bits per heavy atom. The monoisotopic (exact) mass is 319 g/mol. The normalized spacial score (nSPS) is 20.8. The van der Waals surface area contributed by atoms with Gasteiger partial charge in [-0.05, 0) is 18.6 Å². The molecule has 2 aromatic heterocycles. The van der Waals surface area contributed by atoms with Gasteiger partial charge in [-0.2, -0.15) is 0 Å². The van der Waals surface area contributed by atoms with Crippen molar-refractivity contribution in [1.82, 2.24) is 25.6 Å². The first-order valence-electron chi connectivity index (χ1n) is 7.26. The second-order valence-electron chi connectivity index (χ2n) is 5.65. The third-order valence-corrected chi connectivity index (χ3v) is 3.96. The van der Waals surface area contributed by atoms with Crippen LogP contribution >= 0.6 is 0 Å². The van der Waals surface area contributed by atoms with Gasteiger partial charge in [0.15, 0.2) is 0 Å². The number of aliphatic hydroxyl groups excluding tert-OH is 1. The van der Waals surface area contributed by atoms with Gasteiger partial charge in [0.1, 0.15) is 11.3 Å². The molecule has 122 valence electrons. The van der Waals surface area contributed by atoms with E-state index in [9.17, 15) is 19.5 Å². The average molecular weight is 319 g/mol. The number of rotatable bonds is 3. The lowest BCUT2D eigenvalue weighted by molar-refractivity contribution is 0.0922. The predicted octanol–water partition coefficient (Wildman–Crippen LogP) is -1.77. The van der Waals surface area contributed by atoms with E-state index in [1.54, 1.807) is 6.92 Å². The van der Waals surface area contributed by atoms with Crippen molar-refractivity contribution < 1.29 is 9.90 Å². The number of hydrogen-bond acceptors (Lipinski definition) is 6. The van der Waals surface area contributed by atoms with Crippen LogP contribution in [0.3, 0.4) is 0 Å². The molecule has 0 bridgehead atoms. The summed E-state index contributed by atoms with van der Waals surface area (Å²) in [5, 5.41) is 15.7. The van der Waals surface area contributed by atoms with Crippen LogP contribution in [-0.2, 0) is 0 Å². The number of carbonyl (C=O) groups excluding carboxylic acids is 1. The van der Waals surface area contributed by atoms with Crippen LogP contribution in [0.15, 0.2) is 15.7 Å². The number of β-amino-alcohol motifs (C(OH)–C–C–N with tert-alkyl or cyclic N) is 1. The van der Waals surface area contributed by atoms with E-state index in [0.29, 0.717) is 25.2 Å². The van der Waals surface area contributed by atoms with Crippen molar-refractivity contribution in [2.75, 3.05) is 19.6 Å². The molecule has 23 heavy (non-hydrogen) atoms. The Bertz CT molecular complexity index is 872. The minimum atomic E-state index is -0.674. The number of H-pyrrole nitrogens is 2. The average Bonchev–Trinajstić information content (AvgIpc) is 2.88. The summed E-state index contributed by atoms with van der Waals surface area (Å²) in [5.74, 6) is -0.474. The molecule has 0 aliphatic carbocycles. The molecule has 0 radical (unpaired) electrons. The van der Waals surface area contributed by atoms with Gasteiger partial charge in [-0.15, -0.1) is 0 Å². The lowest BCUT2D eigenvalue weighted by Gasteiger charge is -2.14. The highest BCUT2D eigenvalue weighted by atomic mass is 16.3. The molecule has 1 fully saturated rings. The van der Waals surface area contributed by atoms with Crippen molar-refractivity contribution in [2.24, 2.45) is 5.92 Å². The van der Waals surface area contributed by atoms with Crippen LogP contribution in [0, 0.1) is 12.8 Å². The van der Waals surface area contributed by atoms with Crippen LogP contribution in [-0.4, -0.2) is 51.7 Å². The Hall–Kier alpha value is -2.52. The predicted molar refractivity (Wildman–Crippen MR) is 82.4 cm³/mol. The maximum Gasteiger partial charge on any atom is 0.327 e. The van der Waals surface area contributed by atoms with Crippen molar-refractivity contribution in [3.63, 3.8) is 0 Å². The Labute approximate surface area is 130 Å². The highest BCUT2D eigenvalue weighted by Gasteiger charge is 2.25. The molecule has 0 aromatic carbocycles. The van der Waals surface area contributed by atoms with Crippen LogP contribution in [0.4, 0.5) is 0 Å². The van der Waals surface area contributed by atoms with E-state index < -0.39 is 23.3 Å². The smallest absolute Gasteiger partial charge is 0.327 e. The van der Waals surface area contributed by atoms with Crippen molar-refractivity contribution in [1.29, 1.82) is 0 Å². The van der Waals surface area contributed by atoms with E-state index in [4.69, 9.17) is 0 Å². The summed E-state index contributed by atoms with van der Waals surface area (Å²) in [5.41, 5.74) is -0.489. The van der Waals surface area contributed by atoms with Crippen LogP contribution in [0.25, 0.3) is 11.0 Å². The van der Waals surface area contributed by atoms with Gasteiger partial charge in [0.2, 0.25) is 0 Å². The van der Waals surface area contributed by atoms with Crippen LogP contribution < -0.4 is 21.9 Å². The van der Waals surface area contributed by atoms with Crippen LogP contribution in [0.5, 0.6) is 0 Å². The number of carbonyl (C=O) groups is 1. The number of nitrogens with one attached hydrogen (secondary N) is 4. The third-order valence-electron chi connectivity index (χ3n) is 3.96. The molecular weight excluding hydrogens is 302 g/mol. The number of aromatic nitrogens is 3. The topological polar surface area (TPSA) is 140 Å². The molecule has 3 heterocycles. The van der Waals surface area contributed by atoms with Gasteiger partial charge < -0.3 is 15.7 Å². The van der Waals surface area contributed by atoms with Gasteiger partial charge in [0.25, 0.3) is 11.5 Å². The largest absolute Gasteiger partial charge is 0.391 e. The molecular formula is C14H17N5O4. The molecule has 2 aromatic rings. The molecule has 1 amide bonds. The fourth-order valence-corrected chi connectivity index (χ4v) is 2.71. The van der Waals surface area contributed by atoms with Crippen LogP contribution in [0.1, 0.15) is 16.1 Å². The second kappa shape index (κ2) is 5.94. The van der Waals surface area contributed by atoms with Crippen molar-refractivity contribution >= 4 is 16.9 Å². The number of pyridine rings is 1. The number of fused-ring (bicyclic) bond motifs is 1. The molecule has 2 unspecified atom stereocenters. The van der Waals surface area contributed by atoms with Crippen molar-refractivity contribution in [3.8, 4) is 0 Å². The van der Waals surface area contributed by atoms with Gasteiger partial charge in [0.05, 0.1) is 11.5 Å². The summed E-state index contributed by atoms with van der Waals surface area (Å²) in [7, 11) is 0. The molecule has 0 spiro atoms. The van der Waals surface area contributed by atoms with Gasteiger partial charge in [0, 0.05) is 25.6 Å². The summed E-state index contributed by atoms with van der Waals surface area (Å²) in [6, 6.07) is 1.49. The summed E-state index contributed by atoms with van der Waals surface area (Å²) in [6.45, 7) is 3.13. The molecule has 1 aliphatic heterocycles. The quantitative estimate of drug-likeness (QED) is 0.453. The highest BCUT2D eigenvalue weighted by Crippen LogP contribution is 2.11. The maximum absolute atomic E-state index is 12.2. The lowest BCUT2D eigenvalue weighted by Crippen LogP contribution is -2.35. The van der Waals surface area contributed by atoms with E-state index in [0.717, 1.165) is 0 Å². The highest BCUT2D eigenvalue weighted by molar-refractivity contribution is 5.95. The lowest BCUT2D eigenvalue weighted by atomic mass is 10.1. The van der Waals surface area contributed by atoms with E-state index >= 15 is 0 Å². The van der Waals surface area contributed by atoms with E-state index in [1.165, 1.54) is 6.07 Å². The summed E-state index contributed by atoms with van der Waals surface area (Å²) < 4.78 is 0. The zero-order chi connectivity index (χ0) is 16.6. The van der Waals surface area contributed by atoms with Crippen LogP contribution in [0.2, 0.25) is 0 Å².